The maximum absolute atomic E-state index is 13.9. The molecule has 4 rings (SSSR count). The molecular weight excluding hydrogens is 524 g/mol. The number of nitrogens with zero attached hydrogens (tertiary/aromatic N) is 4. The van der Waals surface area contributed by atoms with Gasteiger partial charge < -0.3 is 19.0 Å². The third-order valence-corrected chi connectivity index (χ3v) is 11.6. The molecule has 0 fully saturated rings. The van der Waals surface area contributed by atoms with Crippen LogP contribution in [-0.2, 0) is 10.8 Å². The lowest BCUT2D eigenvalue weighted by molar-refractivity contribution is 0.00280. The Morgan fingerprint density at radius 1 is 1.21 bits per heavy atom. The van der Waals surface area contributed by atoms with Gasteiger partial charge in [-0.3, -0.25) is 9.20 Å². The monoisotopic (exact) mass is 557 g/mol. The molecule has 9 nitrogen and oxygen atoms in total. The number of imidazole rings is 1. The Kier molecular flexibility index (Phi) is 7.89. The predicted octanol–water partition coefficient (Wildman–Crippen LogP) is 6.15. The first-order valence-corrected chi connectivity index (χ1v) is 15.4. The molecule has 0 aliphatic carbocycles. The van der Waals surface area contributed by atoms with Crippen LogP contribution in [0.25, 0.3) is 17.1 Å². The molecule has 0 aliphatic heterocycles. The number of carbonyl (C=O) groups excluding carboxylic acids is 1. The number of halogens is 2. The molecule has 0 aliphatic rings. The summed E-state index contributed by atoms with van der Waals surface area (Å²) in [6, 6.07) is 8.73. The molecule has 39 heavy (non-hydrogen) atoms. The fourth-order valence-corrected chi connectivity index (χ4v) is 5.00. The second-order valence-electron chi connectivity index (χ2n) is 10.9. The largest absolute Gasteiger partial charge is 0.497 e. The lowest BCUT2D eigenvalue weighted by Gasteiger charge is -2.38. The number of amides is 1. The van der Waals surface area contributed by atoms with E-state index < -0.39 is 20.8 Å². The number of ether oxygens (including phenoxy) is 1. The molecule has 1 amide bonds. The van der Waals surface area contributed by atoms with Crippen LogP contribution in [0.5, 0.6) is 5.75 Å². The zero-order valence-corrected chi connectivity index (χ0v) is 24.1. The minimum absolute atomic E-state index is 0.126. The van der Waals surface area contributed by atoms with Crippen LogP contribution in [0.15, 0.2) is 47.2 Å². The van der Waals surface area contributed by atoms with Crippen LogP contribution < -0.4 is 10.1 Å². The first-order valence-electron chi connectivity index (χ1n) is 12.5. The molecule has 3 heterocycles. The van der Waals surface area contributed by atoms with Crippen molar-refractivity contribution in [1.29, 1.82) is 0 Å². The highest BCUT2D eigenvalue weighted by atomic mass is 28.4. The lowest BCUT2D eigenvalue weighted by Crippen LogP contribution is -2.46. The second kappa shape index (κ2) is 10.9. The van der Waals surface area contributed by atoms with Crippen LogP contribution in [0.3, 0.4) is 0 Å². The van der Waals surface area contributed by atoms with Crippen LogP contribution in [0.1, 0.15) is 42.6 Å². The third kappa shape index (κ3) is 6.17. The Bertz CT molecular complexity index is 1480. The summed E-state index contributed by atoms with van der Waals surface area (Å²) in [5, 5.41) is 6.60. The van der Waals surface area contributed by atoms with Gasteiger partial charge in [0.15, 0.2) is 14.1 Å². The average Bonchev–Trinajstić information content (AvgIpc) is 3.50. The number of aromatic nitrogens is 4. The minimum atomic E-state index is -2.69. The summed E-state index contributed by atoms with van der Waals surface area (Å²) in [6.45, 7) is 11.7. The number of benzene rings is 1. The quantitative estimate of drug-likeness (QED) is 0.246. The molecule has 12 heteroatoms. The van der Waals surface area contributed by atoms with Gasteiger partial charge in [-0.05, 0) is 48.8 Å². The Hall–Kier alpha value is -3.64. The highest BCUT2D eigenvalue weighted by Gasteiger charge is 2.41. The maximum Gasteiger partial charge on any atom is 0.274 e. The molecule has 1 unspecified atom stereocenters. The van der Waals surface area contributed by atoms with Gasteiger partial charge in [-0.2, -0.15) is 4.98 Å². The predicted molar refractivity (Wildman–Crippen MR) is 146 cm³/mol. The molecule has 0 radical (unpaired) electrons. The summed E-state index contributed by atoms with van der Waals surface area (Å²) >= 11 is 0. The van der Waals surface area contributed by atoms with Gasteiger partial charge in [0.25, 0.3) is 18.2 Å². The molecule has 0 saturated heterocycles. The molecule has 1 atom stereocenters. The zero-order valence-electron chi connectivity index (χ0n) is 23.1. The van der Waals surface area contributed by atoms with Crippen molar-refractivity contribution in [1.82, 2.24) is 19.5 Å². The van der Waals surface area contributed by atoms with E-state index in [0.717, 1.165) is 5.56 Å². The van der Waals surface area contributed by atoms with Crippen molar-refractivity contribution in [2.75, 3.05) is 12.4 Å². The van der Waals surface area contributed by atoms with Gasteiger partial charge in [0.1, 0.15) is 23.2 Å². The van der Waals surface area contributed by atoms with Crippen LogP contribution in [0.4, 0.5) is 14.5 Å². The smallest absolute Gasteiger partial charge is 0.274 e. The number of hydrogen-bond acceptors (Lipinski definition) is 7. The highest BCUT2D eigenvalue weighted by Crippen LogP contribution is 2.38. The van der Waals surface area contributed by atoms with Crippen molar-refractivity contribution in [3.8, 4) is 17.2 Å². The number of nitrogens with one attached hydrogen (secondary N) is 1. The summed E-state index contributed by atoms with van der Waals surface area (Å²) in [4.78, 5) is 21.7. The molecule has 0 saturated carbocycles. The summed E-state index contributed by atoms with van der Waals surface area (Å²) in [5.41, 5.74) is 2.80. The highest BCUT2D eigenvalue weighted by molar-refractivity contribution is 6.74. The Morgan fingerprint density at radius 3 is 2.62 bits per heavy atom. The number of aryl methyl sites for hydroxylation is 1. The number of rotatable bonds is 9. The standard InChI is InChI=1S/C27H33F2N5O4Si/c1-16-8-9-17(12-19(16)31-25(35)20-15-30-23-13-18(36-5)10-11-34(20)23)26-32-22(33-37-26)14-21(24(28)29)38-39(6,7)27(2,3)4/h8-13,15,21,24H,14H2,1-7H3,(H,31,35). The van der Waals surface area contributed by atoms with Crippen molar-refractivity contribution in [3.63, 3.8) is 0 Å². The molecule has 4 aromatic rings. The van der Waals surface area contributed by atoms with E-state index in [-0.39, 0.29) is 29.1 Å². The molecule has 3 aromatic heterocycles. The second-order valence-corrected chi connectivity index (χ2v) is 15.6. The first kappa shape index (κ1) is 28.4. The van der Waals surface area contributed by atoms with E-state index in [0.29, 0.717) is 28.3 Å². The van der Waals surface area contributed by atoms with E-state index in [1.54, 1.807) is 48.0 Å². The molecule has 0 bridgehead atoms. The van der Waals surface area contributed by atoms with E-state index >= 15 is 0 Å². The normalized spacial score (nSPS) is 13.2. The van der Waals surface area contributed by atoms with Crippen molar-refractivity contribution >= 4 is 25.6 Å². The van der Waals surface area contributed by atoms with E-state index in [1.807, 2.05) is 40.8 Å². The molecule has 1 N–H and O–H groups in total. The maximum atomic E-state index is 13.9. The van der Waals surface area contributed by atoms with Crippen LogP contribution in [0, 0.1) is 6.92 Å². The molecule has 208 valence electrons. The molecular formula is C27H33F2N5O4Si. The summed E-state index contributed by atoms with van der Waals surface area (Å²) in [6.07, 6.45) is -1.01. The number of pyridine rings is 1. The SMILES string of the molecule is COc1ccn2c(C(=O)Nc3cc(-c4nc(CC(O[Si](C)(C)C(C)(C)C)C(F)F)no4)ccc3C)cnc2c1. The topological polar surface area (TPSA) is 104 Å². The van der Waals surface area contributed by atoms with Gasteiger partial charge in [-0.25, -0.2) is 13.8 Å². The summed E-state index contributed by atoms with van der Waals surface area (Å²) < 4.78 is 45.9. The molecule has 1 aromatic carbocycles. The van der Waals surface area contributed by atoms with Gasteiger partial charge >= 0.3 is 0 Å². The van der Waals surface area contributed by atoms with Crippen LogP contribution in [-0.4, -0.2) is 53.4 Å². The van der Waals surface area contributed by atoms with Gasteiger partial charge in [0, 0.05) is 29.9 Å². The third-order valence-electron chi connectivity index (χ3n) is 7.07. The summed E-state index contributed by atoms with van der Waals surface area (Å²) in [7, 11) is -0.875. The van der Waals surface area contributed by atoms with E-state index in [1.165, 1.54) is 6.20 Å². The minimum Gasteiger partial charge on any atom is -0.497 e. The Balaban J connectivity index is 1.52. The van der Waals surface area contributed by atoms with Crippen molar-refractivity contribution in [2.45, 2.75) is 64.8 Å². The fourth-order valence-electron chi connectivity index (χ4n) is 3.70. The van der Waals surface area contributed by atoms with Crippen LogP contribution in [0.2, 0.25) is 18.1 Å². The fraction of sp³-hybridized carbons (Fsp3) is 0.407. The Morgan fingerprint density at radius 2 is 1.95 bits per heavy atom. The first-order chi connectivity index (χ1) is 18.3. The number of hydrogen-bond donors (Lipinski definition) is 1. The van der Waals surface area contributed by atoms with Crippen LogP contribution >= 0.6 is 0 Å². The van der Waals surface area contributed by atoms with Gasteiger partial charge in [-0.15, -0.1) is 0 Å². The zero-order chi connectivity index (χ0) is 28.5. The van der Waals surface area contributed by atoms with Gasteiger partial charge in [-0.1, -0.05) is 32.0 Å². The van der Waals surface area contributed by atoms with Gasteiger partial charge in [0.05, 0.1) is 13.3 Å². The Labute approximate surface area is 226 Å². The van der Waals surface area contributed by atoms with E-state index in [2.05, 4.69) is 20.4 Å². The number of anilines is 1. The lowest BCUT2D eigenvalue weighted by atomic mass is 10.1. The van der Waals surface area contributed by atoms with Crippen molar-refractivity contribution in [2.24, 2.45) is 0 Å². The number of fused-ring (bicyclic) bond motifs is 1. The van der Waals surface area contributed by atoms with E-state index in [9.17, 15) is 13.6 Å². The number of alkyl halides is 2. The van der Waals surface area contributed by atoms with E-state index in [4.69, 9.17) is 13.7 Å². The van der Waals surface area contributed by atoms with Crippen molar-refractivity contribution < 1.29 is 27.3 Å². The average molecular weight is 558 g/mol. The number of methoxy groups -OCH3 is 1. The number of carbonyl (C=O) groups is 1. The molecule has 0 spiro atoms. The van der Waals surface area contributed by atoms with Gasteiger partial charge in [0.2, 0.25) is 0 Å². The van der Waals surface area contributed by atoms with Crippen molar-refractivity contribution in [3.05, 3.63) is 59.8 Å². The summed E-state index contributed by atoms with van der Waals surface area (Å²) in [5.74, 6) is 0.555.